The molecule has 1 unspecified atom stereocenters. The van der Waals surface area contributed by atoms with Crippen molar-refractivity contribution in [2.45, 2.75) is 31.3 Å². The van der Waals surface area contributed by atoms with Crippen LogP contribution >= 0.6 is 0 Å². The van der Waals surface area contributed by atoms with Gasteiger partial charge in [-0.1, -0.05) is 30.3 Å². The highest BCUT2D eigenvalue weighted by Gasteiger charge is 2.17. The van der Waals surface area contributed by atoms with Gasteiger partial charge in [0.2, 0.25) is 0 Å². The first kappa shape index (κ1) is 18.9. The summed E-state index contributed by atoms with van der Waals surface area (Å²) in [4.78, 5) is 22.8. The van der Waals surface area contributed by atoms with Crippen LogP contribution in [-0.4, -0.2) is 54.6 Å². The standard InChI is InChI=1S/C16H24N2O5/c1-23-11-14(10-19)18-16(22)17-13(7-8-15(20)21)9-12-5-3-2-4-6-12/h2-6,13-14,19H,7-11H2,1H3,(H,20,21)(H2,17,18,22)/t13?,14-/m0/s1. The molecule has 23 heavy (non-hydrogen) atoms. The predicted octanol–water partition coefficient (Wildman–Crippen LogP) is 0.769. The van der Waals surface area contributed by atoms with Crippen LogP contribution in [0.2, 0.25) is 0 Å². The largest absolute Gasteiger partial charge is 0.481 e. The minimum Gasteiger partial charge on any atom is -0.481 e. The molecule has 1 rings (SSSR count). The average Bonchev–Trinajstić information content (AvgIpc) is 2.53. The van der Waals surface area contributed by atoms with Crippen molar-refractivity contribution < 1.29 is 24.5 Å². The van der Waals surface area contributed by atoms with Crippen molar-refractivity contribution in [2.24, 2.45) is 0 Å². The van der Waals surface area contributed by atoms with E-state index in [1.807, 2.05) is 30.3 Å². The minimum atomic E-state index is -0.905. The summed E-state index contributed by atoms with van der Waals surface area (Å²) in [5.41, 5.74) is 1.01. The van der Waals surface area contributed by atoms with Crippen LogP contribution < -0.4 is 10.6 Å². The first-order valence-electron chi connectivity index (χ1n) is 7.47. The summed E-state index contributed by atoms with van der Waals surface area (Å²) in [6, 6.07) is 8.27. The molecule has 4 N–H and O–H groups in total. The second-order valence-corrected chi connectivity index (χ2v) is 5.27. The van der Waals surface area contributed by atoms with E-state index in [1.165, 1.54) is 7.11 Å². The van der Waals surface area contributed by atoms with Crippen molar-refractivity contribution in [1.29, 1.82) is 0 Å². The van der Waals surface area contributed by atoms with Gasteiger partial charge in [-0.25, -0.2) is 4.79 Å². The van der Waals surface area contributed by atoms with E-state index in [2.05, 4.69) is 10.6 Å². The van der Waals surface area contributed by atoms with Gasteiger partial charge < -0.3 is 25.6 Å². The molecule has 0 radical (unpaired) electrons. The lowest BCUT2D eigenvalue weighted by Gasteiger charge is -2.21. The number of rotatable bonds is 10. The summed E-state index contributed by atoms with van der Waals surface area (Å²) in [6.45, 7) is -0.0395. The molecule has 0 aliphatic heterocycles. The Hall–Kier alpha value is -2.12. The highest BCUT2D eigenvalue weighted by atomic mass is 16.5. The number of carbonyl (C=O) groups is 2. The molecule has 0 saturated carbocycles. The van der Waals surface area contributed by atoms with Crippen LogP contribution in [0.15, 0.2) is 30.3 Å². The smallest absolute Gasteiger partial charge is 0.315 e. The van der Waals surface area contributed by atoms with E-state index in [-0.39, 0.29) is 25.7 Å². The summed E-state index contributed by atoms with van der Waals surface area (Å²) < 4.78 is 4.90. The van der Waals surface area contributed by atoms with Gasteiger partial charge in [0.1, 0.15) is 0 Å². The van der Waals surface area contributed by atoms with Crippen molar-refractivity contribution in [1.82, 2.24) is 10.6 Å². The molecule has 0 heterocycles. The Morgan fingerprint density at radius 1 is 1.17 bits per heavy atom. The molecule has 0 spiro atoms. The summed E-state index contributed by atoms with van der Waals surface area (Å²) in [5, 5.41) is 23.4. The van der Waals surface area contributed by atoms with Crippen molar-refractivity contribution in [2.75, 3.05) is 20.3 Å². The van der Waals surface area contributed by atoms with Crippen LogP contribution in [0, 0.1) is 0 Å². The number of hydrogen-bond donors (Lipinski definition) is 4. The number of urea groups is 1. The van der Waals surface area contributed by atoms with Gasteiger partial charge >= 0.3 is 12.0 Å². The number of carboxylic acids is 1. The van der Waals surface area contributed by atoms with Gasteiger partial charge in [-0.05, 0) is 18.4 Å². The maximum Gasteiger partial charge on any atom is 0.315 e. The average molecular weight is 324 g/mol. The molecule has 0 aliphatic carbocycles. The Balaban J connectivity index is 2.60. The predicted molar refractivity (Wildman–Crippen MR) is 85.2 cm³/mol. The monoisotopic (exact) mass is 324 g/mol. The molecule has 0 aromatic heterocycles. The Kier molecular flexibility index (Phi) is 8.71. The van der Waals surface area contributed by atoms with Gasteiger partial charge in [-0.3, -0.25) is 4.79 Å². The van der Waals surface area contributed by atoms with E-state index >= 15 is 0 Å². The zero-order valence-corrected chi connectivity index (χ0v) is 13.2. The molecule has 7 nitrogen and oxygen atoms in total. The van der Waals surface area contributed by atoms with Gasteiger partial charge in [-0.15, -0.1) is 0 Å². The number of aliphatic hydroxyl groups excluding tert-OH is 1. The number of methoxy groups -OCH3 is 1. The normalized spacial score (nSPS) is 13.1. The van der Waals surface area contributed by atoms with Crippen LogP contribution in [0.3, 0.4) is 0 Å². The van der Waals surface area contributed by atoms with E-state index in [0.29, 0.717) is 12.8 Å². The summed E-state index contributed by atoms with van der Waals surface area (Å²) in [5.74, 6) is -0.905. The molecule has 0 aliphatic rings. The molecule has 2 amide bonds. The van der Waals surface area contributed by atoms with Crippen molar-refractivity contribution in [3.05, 3.63) is 35.9 Å². The SMILES string of the molecule is COC[C@H](CO)NC(=O)NC(CCC(=O)O)Cc1ccccc1. The van der Waals surface area contributed by atoms with Gasteiger partial charge in [0.05, 0.1) is 19.3 Å². The number of carboxylic acid groups (broad SMARTS) is 1. The van der Waals surface area contributed by atoms with E-state index < -0.39 is 18.0 Å². The Morgan fingerprint density at radius 3 is 2.39 bits per heavy atom. The number of nitrogens with one attached hydrogen (secondary N) is 2. The number of aliphatic hydroxyl groups is 1. The van der Waals surface area contributed by atoms with E-state index in [1.54, 1.807) is 0 Å². The molecular formula is C16H24N2O5. The third-order valence-corrected chi connectivity index (χ3v) is 3.29. The third kappa shape index (κ3) is 8.18. The fraction of sp³-hybridized carbons (Fsp3) is 0.500. The number of aliphatic carboxylic acids is 1. The van der Waals surface area contributed by atoms with Crippen molar-refractivity contribution in [3.8, 4) is 0 Å². The van der Waals surface area contributed by atoms with Gasteiger partial charge in [-0.2, -0.15) is 0 Å². The van der Waals surface area contributed by atoms with E-state index in [4.69, 9.17) is 14.9 Å². The maximum atomic E-state index is 12.0. The topological polar surface area (TPSA) is 108 Å². The number of benzene rings is 1. The van der Waals surface area contributed by atoms with Crippen LogP contribution in [0.5, 0.6) is 0 Å². The lowest BCUT2D eigenvalue weighted by atomic mass is 10.0. The van der Waals surface area contributed by atoms with Crippen LogP contribution in [-0.2, 0) is 16.0 Å². The number of carbonyl (C=O) groups excluding carboxylic acids is 1. The van der Waals surface area contributed by atoms with Crippen LogP contribution in [0.25, 0.3) is 0 Å². The minimum absolute atomic E-state index is 0.0285. The lowest BCUT2D eigenvalue weighted by Crippen LogP contribution is -2.49. The van der Waals surface area contributed by atoms with Gasteiger partial charge in [0.15, 0.2) is 0 Å². The Bertz CT molecular complexity index is 481. The highest BCUT2D eigenvalue weighted by molar-refractivity contribution is 5.74. The third-order valence-electron chi connectivity index (χ3n) is 3.29. The fourth-order valence-electron chi connectivity index (χ4n) is 2.18. The number of hydrogen-bond acceptors (Lipinski definition) is 4. The van der Waals surface area contributed by atoms with Crippen LogP contribution in [0.4, 0.5) is 4.79 Å². The molecule has 1 aromatic rings. The summed E-state index contributed by atoms with van der Waals surface area (Å²) in [7, 11) is 1.48. The quantitative estimate of drug-likeness (QED) is 0.508. The first-order valence-corrected chi connectivity index (χ1v) is 7.47. The second-order valence-electron chi connectivity index (χ2n) is 5.27. The molecule has 128 valence electrons. The Morgan fingerprint density at radius 2 is 1.83 bits per heavy atom. The maximum absolute atomic E-state index is 12.0. The molecule has 7 heteroatoms. The highest BCUT2D eigenvalue weighted by Crippen LogP contribution is 2.08. The second kappa shape index (κ2) is 10.6. The number of ether oxygens (including phenoxy) is 1. The zero-order valence-electron chi connectivity index (χ0n) is 13.2. The van der Waals surface area contributed by atoms with Crippen LogP contribution in [0.1, 0.15) is 18.4 Å². The lowest BCUT2D eigenvalue weighted by molar-refractivity contribution is -0.137. The molecular weight excluding hydrogens is 300 g/mol. The molecule has 0 bridgehead atoms. The summed E-state index contributed by atoms with van der Waals surface area (Å²) >= 11 is 0. The van der Waals surface area contributed by atoms with E-state index in [0.717, 1.165) is 5.56 Å². The fourth-order valence-corrected chi connectivity index (χ4v) is 2.18. The molecule has 0 fully saturated rings. The molecule has 0 saturated heterocycles. The molecule has 2 atom stereocenters. The Labute approximate surface area is 135 Å². The first-order chi connectivity index (χ1) is 11.0. The number of amides is 2. The van der Waals surface area contributed by atoms with Crippen molar-refractivity contribution >= 4 is 12.0 Å². The van der Waals surface area contributed by atoms with Gasteiger partial charge in [0.25, 0.3) is 0 Å². The summed E-state index contributed by atoms with van der Waals surface area (Å²) in [6.07, 6.45) is 0.834. The van der Waals surface area contributed by atoms with Gasteiger partial charge in [0, 0.05) is 19.6 Å². The molecule has 1 aromatic carbocycles. The van der Waals surface area contributed by atoms with E-state index in [9.17, 15) is 9.59 Å². The zero-order chi connectivity index (χ0) is 17.1. The van der Waals surface area contributed by atoms with Crippen molar-refractivity contribution in [3.63, 3.8) is 0 Å².